The third kappa shape index (κ3) is 2.61. The summed E-state index contributed by atoms with van der Waals surface area (Å²) in [6.45, 7) is 2.95. The number of imide groups is 1. The van der Waals surface area contributed by atoms with Gasteiger partial charge in [-0.15, -0.1) is 11.3 Å². The van der Waals surface area contributed by atoms with Gasteiger partial charge in [0.05, 0.1) is 11.8 Å². The lowest BCUT2D eigenvalue weighted by molar-refractivity contribution is -0.152. The molecule has 1 saturated carbocycles. The number of nitrogens with zero attached hydrogens (tertiary/aromatic N) is 1. The van der Waals surface area contributed by atoms with E-state index < -0.39 is 12.5 Å². The lowest BCUT2D eigenvalue weighted by atomic mass is 9.85. The Balaban J connectivity index is 1.36. The SMILES string of the molecule is Cc1cc(C(=O)COC(=O)CN2C(=O)C3C4C=CC(C4)C3C2=O)c(C)s1. The number of carbonyl (C=O) groups is 4. The lowest BCUT2D eigenvalue weighted by Crippen LogP contribution is -2.38. The van der Waals surface area contributed by atoms with Gasteiger partial charge < -0.3 is 4.74 Å². The number of allylic oxidation sites excluding steroid dienone is 2. The zero-order valence-corrected chi connectivity index (χ0v) is 15.4. The molecule has 4 unspecified atom stereocenters. The van der Waals surface area contributed by atoms with Crippen molar-refractivity contribution in [2.75, 3.05) is 13.2 Å². The molecule has 1 aromatic rings. The predicted octanol–water partition coefficient (Wildman–Crippen LogP) is 1.90. The summed E-state index contributed by atoms with van der Waals surface area (Å²) in [6.07, 6.45) is 4.85. The molecule has 1 aromatic heterocycles. The monoisotopic (exact) mass is 373 g/mol. The Kier molecular flexibility index (Phi) is 4.06. The minimum atomic E-state index is -0.732. The molecule has 2 bridgehead atoms. The number of carbonyl (C=O) groups excluding carboxylic acids is 4. The van der Waals surface area contributed by atoms with Crippen molar-refractivity contribution in [2.45, 2.75) is 20.3 Å². The molecule has 3 aliphatic rings. The van der Waals surface area contributed by atoms with Gasteiger partial charge in [0.25, 0.3) is 0 Å². The summed E-state index contributed by atoms with van der Waals surface area (Å²) in [5.74, 6) is -2.04. The standard InChI is InChI=1S/C19H19NO5S/c1-9-5-13(10(2)26-9)14(21)8-25-15(22)7-20-18(23)16-11-3-4-12(6-11)17(16)19(20)24/h3-5,11-12,16-17H,6-8H2,1-2H3. The highest BCUT2D eigenvalue weighted by atomic mass is 32.1. The molecule has 136 valence electrons. The molecule has 2 aliphatic carbocycles. The number of aryl methyl sites for hydroxylation is 2. The highest BCUT2D eigenvalue weighted by Crippen LogP contribution is 2.52. The number of thiophene rings is 1. The van der Waals surface area contributed by atoms with Crippen molar-refractivity contribution in [3.8, 4) is 0 Å². The van der Waals surface area contributed by atoms with E-state index in [1.54, 1.807) is 6.07 Å². The number of amides is 2. The van der Waals surface area contributed by atoms with Crippen LogP contribution in [0.4, 0.5) is 0 Å². The summed E-state index contributed by atoms with van der Waals surface area (Å²) in [7, 11) is 0. The van der Waals surface area contributed by atoms with E-state index in [2.05, 4.69) is 0 Å². The number of fused-ring (bicyclic) bond motifs is 5. The van der Waals surface area contributed by atoms with E-state index in [0.29, 0.717) is 5.56 Å². The van der Waals surface area contributed by atoms with Crippen molar-refractivity contribution in [3.05, 3.63) is 33.5 Å². The Labute approximate surface area is 154 Å². The number of ketones is 1. The van der Waals surface area contributed by atoms with Crippen LogP contribution in [0.15, 0.2) is 18.2 Å². The average Bonchev–Trinajstić information content (AvgIpc) is 3.33. The fourth-order valence-corrected chi connectivity index (χ4v) is 5.37. The Morgan fingerprint density at radius 1 is 1.15 bits per heavy atom. The zero-order valence-electron chi connectivity index (χ0n) is 14.6. The van der Waals surface area contributed by atoms with E-state index in [0.717, 1.165) is 21.1 Å². The van der Waals surface area contributed by atoms with Crippen LogP contribution in [0.2, 0.25) is 0 Å². The van der Waals surface area contributed by atoms with Crippen molar-refractivity contribution in [1.82, 2.24) is 4.90 Å². The summed E-state index contributed by atoms with van der Waals surface area (Å²) in [4.78, 5) is 52.2. The number of rotatable bonds is 5. The van der Waals surface area contributed by atoms with Gasteiger partial charge in [0.2, 0.25) is 17.6 Å². The van der Waals surface area contributed by atoms with Gasteiger partial charge in [0.15, 0.2) is 6.61 Å². The van der Waals surface area contributed by atoms with Crippen LogP contribution in [0.5, 0.6) is 0 Å². The molecule has 1 aliphatic heterocycles. The quantitative estimate of drug-likeness (QED) is 0.341. The molecule has 2 fully saturated rings. The van der Waals surface area contributed by atoms with E-state index in [4.69, 9.17) is 4.74 Å². The van der Waals surface area contributed by atoms with Gasteiger partial charge in [0.1, 0.15) is 6.54 Å². The number of hydrogen-bond acceptors (Lipinski definition) is 6. The van der Waals surface area contributed by atoms with Gasteiger partial charge in [-0.25, -0.2) is 0 Å². The van der Waals surface area contributed by atoms with Crippen LogP contribution in [0.1, 0.15) is 26.5 Å². The zero-order chi connectivity index (χ0) is 18.6. The first-order valence-electron chi connectivity index (χ1n) is 8.66. The predicted molar refractivity (Wildman–Crippen MR) is 93.5 cm³/mol. The first kappa shape index (κ1) is 17.1. The van der Waals surface area contributed by atoms with Crippen LogP contribution < -0.4 is 0 Å². The summed E-state index contributed by atoms with van der Waals surface area (Å²) in [6, 6.07) is 1.77. The van der Waals surface area contributed by atoms with Gasteiger partial charge in [-0.1, -0.05) is 12.2 Å². The molecule has 4 atom stereocenters. The molecule has 0 radical (unpaired) electrons. The number of esters is 1. The Morgan fingerprint density at radius 2 is 1.77 bits per heavy atom. The number of hydrogen-bond donors (Lipinski definition) is 0. The van der Waals surface area contributed by atoms with Crippen LogP contribution in [0, 0.1) is 37.5 Å². The van der Waals surface area contributed by atoms with Crippen molar-refractivity contribution >= 4 is 34.9 Å². The van der Waals surface area contributed by atoms with Crippen LogP contribution in [0.3, 0.4) is 0 Å². The van der Waals surface area contributed by atoms with Gasteiger partial charge in [-0.3, -0.25) is 24.1 Å². The molecule has 2 heterocycles. The normalized spacial score (nSPS) is 28.8. The van der Waals surface area contributed by atoms with Crippen molar-refractivity contribution in [1.29, 1.82) is 0 Å². The summed E-state index contributed by atoms with van der Waals surface area (Å²) < 4.78 is 5.03. The Bertz CT molecular complexity index is 824. The highest BCUT2D eigenvalue weighted by Gasteiger charge is 2.59. The first-order valence-corrected chi connectivity index (χ1v) is 9.48. The highest BCUT2D eigenvalue weighted by molar-refractivity contribution is 7.12. The average molecular weight is 373 g/mol. The van der Waals surface area contributed by atoms with Crippen molar-refractivity contribution < 1.29 is 23.9 Å². The molecule has 1 saturated heterocycles. The van der Waals surface area contributed by atoms with Crippen LogP contribution >= 0.6 is 11.3 Å². The van der Waals surface area contributed by atoms with Crippen LogP contribution in [-0.2, 0) is 19.1 Å². The van der Waals surface area contributed by atoms with E-state index in [9.17, 15) is 19.2 Å². The van der Waals surface area contributed by atoms with E-state index >= 15 is 0 Å². The minimum Gasteiger partial charge on any atom is -0.456 e. The largest absolute Gasteiger partial charge is 0.456 e. The summed E-state index contributed by atoms with van der Waals surface area (Å²) in [5.41, 5.74) is 0.547. The Hall–Kier alpha value is -2.28. The van der Waals surface area contributed by atoms with Crippen LogP contribution in [-0.4, -0.2) is 41.6 Å². The second-order valence-corrected chi connectivity index (χ2v) is 8.63. The van der Waals surface area contributed by atoms with Crippen molar-refractivity contribution in [2.24, 2.45) is 23.7 Å². The maximum Gasteiger partial charge on any atom is 0.326 e. The molecular weight excluding hydrogens is 354 g/mol. The van der Waals surface area contributed by atoms with Gasteiger partial charge in [0, 0.05) is 15.3 Å². The maximum absolute atomic E-state index is 12.5. The fraction of sp³-hybridized carbons (Fsp3) is 0.474. The third-order valence-electron chi connectivity index (χ3n) is 5.55. The maximum atomic E-state index is 12.5. The first-order chi connectivity index (χ1) is 12.4. The number of Topliss-reactive ketones (excluding diaryl/α,β-unsaturated/α-hetero) is 1. The topological polar surface area (TPSA) is 80.8 Å². The third-order valence-corrected chi connectivity index (χ3v) is 6.52. The van der Waals surface area contributed by atoms with E-state index in [1.165, 1.54) is 11.3 Å². The Morgan fingerprint density at radius 3 is 2.31 bits per heavy atom. The minimum absolute atomic E-state index is 0.105. The second-order valence-electron chi connectivity index (χ2n) is 7.17. The van der Waals surface area contributed by atoms with Gasteiger partial charge in [-0.2, -0.15) is 0 Å². The summed E-state index contributed by atoms with van der Waals surface area (Å²) in [5, 5.41) is 0. The second kappa shape index (κ2) is 6.16. The molecule has 2 amide bonds. The van der Waals surface area contributed by atoms with Gasteiger partial charge >= 0.3 is 5.97 Å². The van der Waals surface area contributed by atoms with Crippen molar-refractivity contribution in [3.63, 3.8) is 0 Å². The van der Waals surface area contributed by atoms with Gasteiger partial charge in [-0.05, 0) is 38.2 Å². The number of likely N-dealkylation sites (tertiary alicyclic amines) is 1. The molecule has 6 nitrogen and oxygen atoms in total. The summed E-state index contributed by atoms with van der Waals surface area (Å²) >= 11 is 1.51. The molecular formula is C19H19NO5S. The molecule has 0 N–H and O–H groups in total. The fourth-order valence-electron chi connectivity index (χ4n) is 4.43. The van der Waals surface area contributed by atoms with Crippen LogP contribution in [0.25, 0.3) is 0 Å². The van der Waals surface area contributed by atoms with E-state index in [-0.39, 0.29) is 47.9 Å². The molecule has 26 heavy (non-hydrogen) atoms. The molecule has 0 aromatic carbocycles. The molecule has 0 spiro atoms. The smallest absolute Gasteiger partial charge is 0.326 e. The molecule has 4 rings (SSSR count). The molecule has 7 heteroatoms. The lowest BCUT2D eigenvalue weighted by Gasteiger charge is -2.16. The number of ether oxygens (including phenoxy) is 1. The van der Waals surface area contributed by atoms with E-state index in [1.807, 2.05) is 26.0 Å².